The van der Waals surface area contributed by atoms with Gasteiger partial charge in [0, 0.05) is 24.8 Å². The molecule has 0 N–H and O–H groups in total. The Hall–Kier alpha value is -1.65. The third kappa shape index (κ3) is 4.68. The molecule has 2 rings (SSSR count). The lowest BCUT2D eigenvalue weighted by Crippen LogP contribution is -2.37. The molecule has 2 heterocycles. The molecular formula is C17H27N3O2. The van der Waals surface area contributed by atoms with Gasteiger partial charge in [-0.2, -0.15) is 0 Å². The van der Waals surface area contributed by atoms with Gasteiger partial charge in [-0.05, 0) is 31.6 Å². The van der Waals surface area contributed by atoms with E-state index in [1.54, 1.807) is 6.33 Å². The maximum Gasteiger partial charge on any atom is 0.309 e. The predicted octanol–water partition coefficient (Wildman–Crippen LogP) is 2.84. The lowest BCUT2D eigenvalue weighted by Gasteiger charge is -2.31. The van der Waals surface area contributed by atoms with E-state index in [1.165, 1.54) is 0 Å². The first-order valence-electron chi connectivity index (χ1n) is 8.11. The number of nitrogens with zero attached hydrogens (tertiary/aromatic N) is 3. The van der Waals surface area contributed by atoms with E-state index in [-0.39, 0.29) is 17.3 Å². The van der Waals surface area contributed by atoms with Crippen LogP contribution in [0.1, 0.15) is 46.2 Å². The second-order valence-corrected chi connectivity index (χ2v) is 7.12. The number of hydrogen-bond donors (Lipinski definition) is 0. The van der Waals surface area contributed by atoms with E-state index in [9.17, 15) is 4.79 Å². The number of carbonyl (C=O) groups is 1. The molecule has 0 radical (unpaired) electrons. The summed E-state index contributed by atoms with van der Waals surface area (Å²) in [6.07, 6.45) is 4.24. The van der Waals surface area contributed by atoms with Crippen molar-refractivity contribution in [2.45, 2.75) is 47.0 Å². The summed E-state index contributed by atoms with van der Waals surface area (Å²) in [5.41, 5.74) is 1.28. The van der Waals surface area contributed by atoms with Crippen molar-refractivity contribution < 1.29 is 9.53 Å². The van der Waals surface area contributed by atoms with Crippen LogP contribution in [0.15, 0.2) is 12.4 Å². The summed E-state index contributed by atoms with van der Waals surface area (Å²) in [6.45, 7) is 10.6. The molecule has 1 aromatic heterocycles. The first-order chi connectivity index (χ1) is 10.4. The Kier molecular flexibility index (Phi) is 5.37. The second-order valence-electron chi connectivity index (χ2n) is 7.12. The minimum Gasteiger partial charge on any atom is -0.466 e. The molecule has 1 fully saturated rings. The zero-order chi connectivity index (χ0) is 16.2. The molecule has 5 nitrogen and oxygen atoms in total. The topological polar surface area (TPSA) is 55.3 Å². The Labute approximate surface area is 133 Å². The van der Waals surface area contributed by atoms with Crippen molar-refractivity contribution in [3.05, 3.63) is 18.1 Å². The van der Waals surface area contributed by atoms with Crippen LogP contribution in [-0.2, 0) is 16.0 Å². The first-order valence-corrected chi connectivity index (χ1v) is 8.11. The molecule has 0 aliphatic carbocycles. The zero-order valence-electron chi connectivity index (χ0n) is 14.1. The van der Waals surface area contributed by atoms with E-state index < -0.39 is 0 Å². The molecule has 0 saturated carbocycles. The SMILES string of the molecule is CCOC(=O)C1CCN(c2cc(CC(C)(C)C)ncn2)CC1. The Morgan fingerprint density at radius 3 is 2.59 bits per heavy atom. The summed E-state index contributed by atoms with van der Waals surface area (Å²) in [5.74, 6) is 0.946. The standard InChI is InChI=1S/C17H27N3O2/c1-5-22-16(21)13-6-8-20(9-7-13)15-10-14(18-12-19-15)11-17(2,3)4/h10,12-13H,5-9,11H2,1-4H3. The number of piperidine rings is 1. The molecule has 1 aliphatic rings. The number of ether oxygens (including phenoxy) is 1. The summed E-state index contributed by atoms with van der Waals surface area (Å²) in [5, 5.41) is 0. The van der Waals surface area contributed by atoms with Gasteiger partial charge in [0.1, 0.15) is 12.1 Å². The van der Waals surface area contributed by atoms with Gasteiger partial charge in [0.2, 0.25) is 0 Å². The number of aromatic nitrogens is 2. The molecule has 0 unspecified atom stereocenters. The van der Waals surface area contributed by atoms with Gasteiger partial charge in [0.25, 0.3) is 0 Å². The maximum absolute atomic E-state index is 11.8. The van der Waals surface area contributed by atoms with Crippen molar-refractivity contribution in [3.8, 4) is 0 Å². The average Bonchev–Trinajstić information content (AvgIpc) is 2.46. The van der Waals surface area contributed by atoms with Crippen LogP contribution in [0, 0.1) is 11.3 Å². The van der Waals surface area contributed by atoms with Gasteiger partial charge in [0.15, 0.2) is 0 Å². The van der Waals surface area contributed by atoms with E-state index in [1.807, 2.05) is 6.92 Å². The Morgan fingerprint density at radius 1 is 1.32 bits per heavy atom. The minimum atomic E-state index is -0.0572. The van der Waals surface area contributed by atoms with Crippen molar-refractivity contribution in [1.82, 2.24) is 9.97 Å². The van der Waals surface area contributed by atoms with Gasteiger partial charge in [-0.1, -0.05) is 20.8 Å². The molecule has 0 aromatic carbocycles. The van der Waals surface area contributed by atoms with Crippen molar-refractivity contribution >= 4 is 11.8 Å². The Balaban J connectivity index is 1.96. The van der Waals surface area contributed by atoms with E-state index in [0.29, 0.717) is 6.61 Å². The minimum absolute atomic E-state index is 0.0343. The monoisotopic (exact) mass is 305 g/mol. The zero-order valence-corrected chi connectivity index (χ0v) is 14.1. The summed E-state index contributed by atoms with van der Waals surface area (Å²) in [4.78, 5) is 22.8. The second kappa shape index (κ2) is 7.07. The highest BCUT2D eigenvalue weighted by Crippen LogP contribution is 2.25. The highest BCUT2D eigenvalue weighted by atomic mass is 16.5. The van der Waals surface area contributed by atoms with Gasteiger partial charge in [0.05, 0.1) is 12.5 Å². The third-order valence-electron chi connectivity index (χ3n) is 3.86. The molecular weight excluding hydrogens is 278 g/mol. The van der Waals surface area contributed by atoms with Gasteiger partial charge in [-0.15, -0.1) is 0 Å². The highest BCUT2D eigenvalue weighted by molar-refractivity contribution is 5.72. The van der Waals surface area contributed by atoms with E-state index >= 15 is 0 Å². The van der Waals surface area contributed by atoms with Crippen molar-refractivity contribution in [3.63, 3.8) is 0 Å². The van der Waals surface area contributed by atoms with Gasteiger partial charge >= 0.3 is 5.97 Å². The maximum atomic E-state index is 11.8. The summed E-state index contributed by atoms with van der Waals surface area (Å²) >= 11 is 0. The smallest absolute Gasteiger partial charge is 0.309 e. The fourth-order valence-electron chi connectivity index (χ4n) is 2.80. The van der Waals surface area contributed by atoms with E-state index in [0.717, 1.165) is 43.9 Å². The number of anilines is 1. The fraction of sp³-hybridized carbons (Fsp3) is 0.706. The summed E-state index contributed by atoms with van der Waals surface area (Å²) in [7, 11) is 0. The molecule has 1 aliphatic heterocycles. The van der Waals surface area contributed by atoms with Crippen LogP contribution in [0.4, 0.5) is 5.82 Å². The third-order valence-corrected chi connectivity index (χ3v) is 3.86. The van der Waals surface area contributed by atoms with Crippen molar-refractivity contribution in [2.75, 3.05) is 24.6 Å². The van der Waals surface area contributed by atoms with Crippen LogP contribution in [0.25, 0.3) is 0 Å². The Morgan fingerprint density at radius 2 is 2.00 bits per heavy atom. The van der Waals surface area contributed by atoms with Crippen LogP contribution in [0.2, 0.25) is 0 Å². The summed E-state index contributed by atoms with van der Waals surface area (Å²) in [6, 6.07) is 2.08. The molecule has 0 amide bonds. The van der Waals surface area contributed by atoms with Crippen LogP contribution in [0.5, 0.6) is 0 Å². The average molecular weight is 305 g/mol. The molecule has 122 valence electrons. The first kappa shape index (κ1) is 16.7. The number of rotatable bonds is 4. The number of carbonyl (C=O) groups excluding carboxylic acids is 1. The normalized spacial score (nSPS) is 16.6. The van der Waals surface area contributed by atoms with E-state index in [2.05, 4.69) is 41.7 Å². The molecule has 0 spiro atoms. The van der Waals surface area contributed by atoms with Crippen LogP contribution in [-0.4, -0.2) is 35.6 Å². The van der Waals surface area contributed by atoms with Gasteiger partial charge < -0.3 is 9.64 Å². The Bertz CT molecular complexity index is 503. The van der Waals surface area contributed by atoms with E-state index in [4.69, 9.17) is 4.74 Å². The lowest BCUT2D eigenvalue weighted by atomic mass is 9.90. The van der Waals surface area contributed by atoms with Gasteiger partial charge in [-0.25, -0.2) is 9.97 Å². The lowest BCUT2D eigenvalue weighted by molar-refractivity contribution is -0.148. The van der Waals surface area contributed by atoms with Crippen LogP contribution >= 0.6 is 0 Å². The van der Waals surface area contributed by atoms with Crippen LogP contribution < -0.4 is 4.90 Å². The van der Waals surface area contributed by atoms with Gasteiger partial charge in [-0.3, -0.25) is 4.79 Å². The fourth-order valence-corrected chi connectivity index (χ4v) is 2.80. The van der Waals surface area contributed by atoms with Crippen molar-refractivity contribution in [2.24, 2.45) is 11.3 Å². The van der Waals surface area contributed by atoms with Crippen molar-refractivity contribution in [1.29, 1.82) is 0 Å². The van der Waals surface area contributed by atoms with Crippen LogP contribution in [0.3, 0.4) is 0 Å². The summed E-state index contributed by atoms with van der Waals surface area (Å²) < 4.78 is 5.11. The molecule has 5 heteroatoms. The quantitative estimate of drug-likeness (QED) is 0.801. The number of hydrogen-bond acceptors (Lipinski definition) is 5. The molecule has 22 heavy (non-hydrogen) atoms. The molecule has 1 saturated heterocycles. The highest BCUT2D eigenvalue weighted by Gasteiger charge is 2.26. The number of esters is 1. The molecule has 0 bridgehead atoms. The molecule has 1 aromatic rings. The molecule has 0 atom stereocenters. The predicted molar refractivity (Wildman–Crippen MR) is 86.8 cm³/mol. The largest absolute Gasteiger partial charge is 0.466 e.